The molecule has 7 aliphatic rings. The Labute approximate surface area is 475 Å². The maximum atomic E-state index is 12.6. The summed E-state index contributed by atoms with van der Waals surface area (Å²) in [6.45, 7) is -4.64. The van der Waals surface area contributed by atoms with Gasteiger partial charge in [0.2, 0.25) is 11.8 Å². The number of carbonyl (C=O) groups is 2. The molecular weight excluding hydrogens is 1160 g/mol. The van der Waals surface area contributed by atoms with Gasteiger partial charge in [0.05, 0.1) is 46.2 Å². The molecule has 0 radical (unpaired) electrons. The van der Waals surface area contributed by atoms with Gasteiger partial charge >= 0.3 is 0 Å². The summed E-state index contributed by atoms with van der Waals surface area (Å²) in [6, 6.07) is -3.34. The standard InChI is InChI=1S/C46H78N2O36/c1-10(54)47-19-26(61)36(15(6-52)74-40(19)71)81-41-20(48-11(2)55)27(62)37(16(7-53)78-41)82-46-35(70)39(84-44-32(67)29(64)22(57)13(4-50)77-44)25(60)18(80-46)9-73-43-34(69)38(24(59)14(5-51)76-43)83-45-33(68)30(65)23(58)17(79-45)8-72-42-31(66)28(63)21(56)12(3-49)75-42/h12-46,49-53,56-71H,3-9H2,1-2H3,(H,47,54)(H,48,55)/t12-,13-,14-,15-,16-,17-,18-,19-,20-,21-,22-,23-,24-,25-,26-,27-,28+,29+,30+,31+,32+,33+,34+,35+,36-,37-,38+,39+,40-,41+,42+,43+,44-,45-,46+/m1/s1. The lowest BCUT2D eigenvalue weighted by Gasteiger charge is -2.50. The first-order valence-corrected chi connectivity index (χ1v) is 26.6. The zero-order valence-corrected chi connectivity index (χ0v) is 44.7. The van der Waals surface area contributed by atoms with Crippen molar-refractivity contribution in [3.05, 3.63) is 0 Å². The van der Waals surface area contributed by atoms with Gasteiger partial charge in [-0.15, -0.1) is 0 Å². The van der Waals surface area contributed by atoms with Crippen LogP contribution < -0.4 is 10.6 Å². The predicted molar refractivity (Wildman–Crippen MR) is 255 cm³/mol. The van der Waals surface area contributed by atoms with Crippen molar-refractivity contribution < 1.29 is 178 Å². The zero-order valence-electron chi connectivity index (χ0n) is 44.7. The van der Waals surface area contributed by atoms with Gasteiger partial charge in [-0.05, 0) is 0 Å². The van der Waals surface area contributed by atoms with E-state index in [0.29, 0.717) is 0 Å². The minimum atomic E-state index is -2.31. The van der Waals surface area contributed by atoms with Gasteiger partial charge in [-0.2, -0.15) is 0 Å². The van der Waals surface area contributed by atoms with Crippen LogP contribution in [0.1, 0.15) is 13.8 Å². The molecule has 0 saturated carbocycles. The van der Waals surface area contributed by atoms with Crippen molar-refractivity contribution in [1.29, 1.82) is 0 Å². The van der Waals surface area contributed by atoms with Crippen molar-refractivity contribution >= 4 is 11.8 Å². The van der Waals surface area contributed by atoms with E-state index >= 15 is 0 Å². The van der Waals surface area contributed by atoms with Gasteiger partial charge in [-0.3, -0.25) is 9.59 Å². The lowest BCUT2D eigenvalue weighted by atomic mass is 9.94. The van der Waals surface area contributed by atoms with Crippen molar-refractivity contribution in [2.45, 2.75) is 229 Å². The van der Waals surface area contributed by atoms with Crippen LogP contribution in [-0.4, -0.2) is 380 Å². The number of amides is 2. The highest BCUT2D eigenvalue weighted by Gasteiger charge is 2.58. The summed E-state index contributed by atoms with van der Waals surface area (Å²) in [6.07, 6.45) is -64.3. The van der Waals surface area contributed by atoms with Crippen LogP contribution in [0.4, 0.5) is 0 Å². The average molecular weight is 1240 g/mol. The summed E-state index contributed by atoms with van der Waals surface area (Å²) in [5, 5.41) is 230. The number of ether oxygens (including phenoxy) is 13. The number of hydrogen-bond acceptors (Lipinski definition) is 36. The van der Waals surface area contributed by atoms with E-state index in [1.165, 1.54) is 0 Å². The Morgan fingerprint density at radius 1 is 0.310 bits per heavy atom. The zero-order chi connectivity index (χ0) is 61.9. The van der Waals surface area contributed by atoms with Crippen LogP contribution in [-0.2, 0) is 71.2 Å². The Kier molecular flexibility index (Phi) is 24.6. The molecule has 35 atom stereocenters. The molecular formula is C46H78N2O36. The van der Waals surface area contributed by atoms with Crippen molar-refractivity contribution in [3.63, 3.8) is 0 Å². The Hall–Kier alpha value is -2.42. The SMILES string of the molecule is CC(=O)N[C@@H]1[C@@H](O)[C@H](O[C@@H]2O[C@H](CO)[C@@H](O[C@@H]3O[C@H](CO[C@H]4O[C@H](CO)[C@@H](O)[C@H](O[C@H]5O[C@H](CO[C@H]6O[C@H](CO)[C@@H](O)[C@H](O)[C@@H]6O)[C@@H](O)[C@H](O)[C@@H]5O)[C@@H]4O)[C@@H](O)[C@H](O[C@H]4O[C@H](CO)[C@@H](O)[C@H](O)[C@@H]4O)[C@@H]3O)[C@H](O)[C@H]2NC(C)=O)[C@@H](CO)O[C@H]1O. The van der Waals surface area contributed by atoms with Gasteiger partial charge < -0.3 is 179 Å². The average Bonchev–Trinajstić information content (AvgIpc) is 2.76. The highest BCUT2D eigenvalue weighted by molar-refractivity contribution is 5.73. The number of carbonyl (C=O) groups excluding carboxylic acids is 2. The van der Waals surface area contributed by atoms with E-state index in [4.69, 9.17) is 61.6 Å². The number of aliphatic hydroxyl groups is 21. The maximum Gasteiger partial charge on any atom is 0.217 e. The highest BCUT2D eigenvalue weighted by Crippen LogP contribution is 2.37. The number of rotatable bonds is 21. The Bertz CT molecular complexity index is 2060. The second kappa shape index (κ2) is 29.9. The number of aliphatic hydroxyl groups excluding tert-OH is 21. The largest absolute Gasteiger partial charge is 0.394 e. The van der Waals surface area contributed by atoms with E-state index in [9.17, 15) is 117 Å². The first-order valence-electron chi connectivity index (χ1n) is 26.6. The minimum absolute atomic E-state index is 0.733. The number of nitrogens with one attached hydrogen (secondary N) is 2. The lowest BCUT2D eigenvalue weighted by Crippen LogP contribution is -2.70. The first-order chi connectivity index (χ1) is 39.7. The summed E-state index contributed by atoms with van der Waals surface area (Å²) in [5.41, 5.74) is 0. The fourth-order valence-electron chi connectivity index (χ4n) is 10.6. The smallest absolute Gasteiger partial charge is 0.217 e. The van der Waals surface area contributed by atoms with Crippen LogP contribution in [0.3, 0.4) is 0 Å². The van der Waals surface area contributed by atoms with Gasteiger partial charge in [0.1, 0.15) is 171 Å². The molecule has 2 amide bonds. The van der Waals surface area contributed by atoms with Crippen molar-refractivity contribution in [2.75, 3.05) is 46.2 Å². The maximum absolute atomic E-state index is 12.6. The van der Waals surface area contributed by atoms with E-state index in [0.717, 1.165) is 13.8 Å². The molecule has 7 rings (SSSR count). The van der Waals surface area contributed by atoms with Crippen LogP contribution in [0, 0.1) is 0 Å². The van der Waals surface area contributed by atoms with Crippen molar-refractivity contribution in [3.8, 4) is 0 Å². The Balaban J connectivity index is 1.11. The van der Waals surface area contributed by atoms with Gasteiger partial charge in [0, 0.05) is 13.8 Å². The molecule has 84 heavy (non-hydrogen) atoms. The third-order valence-electron chi connectivity index (χ3n) is 15.3. The molecule has 0 bridgehead atoms. The summed E-state index contributed by atoms with van der Waals surface area (Å²) in [5.74, 6) is -1.59. The molecule has 38 nitrogen and oxygen atoms in total. The molecule has 7 fully saturated rings. The van der Waals surface area contributed by atoms with E-state index in [-0.39, 0.29) is 0 Å². The monoisotopic (exact) mass is 1230 g/mol. The Morgan fingerprint density at radius 3 is 1.07 bits per heavy atom. The molecule has 38 heteroatoms. The van der Waals surface area contributed by atoms with E-state index in [2.05, 4.69) is 10.6 Å². The predicted octanol–water partition coefficient (Wildman–Crippen LogP) is -16.0. The molecule has 0 aromatic rings. The van der Waals surface area contributed by atoms with Crippen LogP contribution in [0.25, 0.3) is 0 Å². The minimum Gasteiger partial charge on any atom is -0.394 e. The van der Waals surface area contributed by atoms with Gasteiger partial charge in [-0.25, -0.2) is 0 Å². The van der Waals surface area contributed by atoms with Gasteiger partial charge in [0.25, 0.3) is 0 Å². The summed E-state index contributed by atoms with van der Waals surface area (Å²) in [4.78, 5) is 24.6. The third kappa shape index (κ3) is 14.9. The fourth-order valence-corrected chi connectivity index (χ4v) is 10.6. The quantitative estimate of drug-likeness (QED) is 0.0507. The van der Waals surface area contributed by atoms with Crippen LogP contribution in [0.2, 0.25) is 0 Å². The second-order valence-electron chi connectivity index (χ2n) is 21.1. The molecule has 488 valence electrons. The third-order valence-corrected chi connectivity index (χ3v) is 15.3. The Morgan fingerprint density at radius 2 is 0.607 bits per heavy atom. The summed E-state index contributed by atoms with van der Waals surface area (Å²) < 4.78 is 73.9. The molecule has 0 aromatic heterocycles. The topological polar surface area (TPSA) is 603 Å². The molecule has 0 unspecified atom stereocenters. The van der Waals surface area contributed by atoms with E-state index in [1.807, 2.05) is 0 Å². The first kappa shape index (κ1) is 69.1. The summed E-state index contributed by atoms with van der Waals surface area (Å²) in [7, 11) is 0. The van der Waals surface area contributed by atoms with Crippen molar-refractivity contribution in [2.24, 2.45) is 0 Å². The molecule has 0 aliphatic carbocycles. The molecule has 7 saturated heterocycles. The van der Waals surface area contributed by atoms with Crippen LogP contribution in [0.5, 0.6) is 0 Å². The lowest BCUT2D eigenvalue weighted by molar-refractivity contribution is -0.387. The number of hydrogen-bond donors (Lipinski definition) is 23. The highest BCUT2D eigenvalue weighted by atomic mass is 16.8. The normalized spacial score (nSPS) is 50.3. The molecule has 7 heterocycles. The molecule has 0 spiro atoms. The molecule has 0 aromatic carbocycles. The van der Waals surface area contributed by atoms with Gasteiger partial charge in [-0.1, -0.05) is 0 Å². The van der Waals surface area contributed by atoms with Crippen LogP contribution >= 0.6 is 0 Å². The van der Waals surface area contributed by atoms with E-state index in [1.54, 1.807) is 0 Å². The molecule has 23 N–H and O–H groups in total. The van der Waals surface area contributed by atoms with Gasteiger partial charge in [0.15, 0.2) is 44.0 Å². The summed E-state index contributed by atoms with van der Waals surface area (Å²) >= 11 is 0. The fraction of sp³-hybridized carbons (Fsp3) is 0.957. The van der Waals surface area contributed by atoms with Crippen molar-refractivity contribution in [1.82, 2.24) is 10.6 Å². The second-order valence-corrected chi connectivity index (χ2v) is 21.1. The molecule has 7 aliphatic heterocycles. The van der Waals surface area contributed by atoms with E-state index < -0.39 is 273 Å². The van der Waals surface area contributed by atoms with Crippen LogP contribution in [0.15, 0.2) is 0 Å².